The number of fused-ring (bicyclic) bond motifs is 3. The van der Waals surface area contributed by atoms with Gasteiger partial charge in [-0.15, -0.1) is 0 Å². The van der Waals surface area contributed by atoms with E-state index in [1.54, 1.807) is 0 Å². The lowest BCUT2D eigenvalue weighted by atomic mass is 9.84. The van der Waals surface area contributed by atoms with Gasteiger partial charge < -0.3 is 14.3 Å². The van der Waals surface area contributed by atoms with Crippen molar-refractivity contribution < 1.29 is 5.21 Å². The van der Waals surface area contributed by atoms with Gasteiger partial charge in [0.15, 0.2) is 0 Å². The average Bonchev–Trinajstić information content (AvgIpc) is 3.10. The minimum Gasteiger partial charge on any atom is -0.411 e. The van der Waals surface area contributed by atoms with Crippen LogP contribution in [0.25, 0.3) is 10.9 Å². The molecule has 1 aromatic carbocycles. The van der Waals surface area contributed by atoms with Gasteiger partial charge in [0.05, 0.1) is 5.71 Å². The number of rotatable bonds is 2. The molecule has 1 aliphatic rings. The van der Waals surface area contributed by atoms with Gasteiger partial charge in [0.2, 0.25) is 0 Å². The maximum absolute atomic E-state index is 9.73. The number of hydrogen-bond donors (Lipinski definition) is 1. The Morgan fingerprint density at radius 1 is 1.35 bits per heavy atom. The first-order valence-corrected chi connectivity index (χ1v) is 7.97. The van der Waals surface area contributed by atoms with Crippen molar-refractivity contribution in [3.8, 4) is 0 Å². The van der Waals surface area contributed by atoms with E-state index in [9.17, 15) is 5.21 Å². The maximum atomic E-state index is 9.73. The van der Waals surface area contributed by atoms with E-state index in [1.807, 2.05) is 25.4 Å². The summed E-state index contributed by atoms with van der Waals surface area (Å²) < 4.78 is 4.36. The zero-order valence-corrected chi connectivity index (χ0v) is 13.4. The number of hydrogen-bond acceptors (Lipinski definition) is 3. The molecule has 4 rings (SSSR count). The van der Waals surface area contributed by atoms with E-state index in [2.05, 4.69) is 44.5 Å². The smallest absolute Gasteiger partial charge is 0.105 e. The van der Waals surface area contributed by atoms with Gasteiger partial charge in [-0.3, -0.25) is 0 Å². The fourth-order valence-electron chi connectivity index (χ4n) is 3.82. The molecule has 118 valence electrons. The standard InChI is InChI=1S/C18H20N4O/c1-12-19-9-10-22(12)11-13-7-8-16-17(18(13)20-23)14-5-3-4-6-15(14)21(16)2/h3-6,9-10,13,23H,7-8,11H2,1-2H3/b20-18+. The summed E-state index contributed by atoms with van der Waals surface area (Å²) in [5.74, 6) is 1.19. The molecule has 2 heterocycles. The number of aryl methyl sites for hydroxylation is 2. The normalized spacial score (nSPS) is 19.4. The van der Waals surface area contributed by atoms with Crippen LogP contribution in [0, 0.1) is 12.8 Å². The number of nitrogens with zero attached hydrogens (tertiary/aromatic N) is 4. The summed E-state index contributed by atoms with van der Waals surface area (Å²) in [6.45, 7) is 2.80. The third-order valence-corrected chi connectivity index (χ3v) is 5.05. The van der Waals surface area contributed by atoms with E-state index < -0.39 is 0 Å². The Kier molecular flexibility index (Phi) is 3.22. The first-order valence-electron chi connectivity index (χ1n) is 7.97. The largest absolute Gasteiger partial charge is 0.411 e. The van der Waals surface area contributed by atoms with Crippen LogP contribution in [-0.2, 0) is 20.0 Å². The van der Waals surface area contributed by atoms with E-state index in [4.69, 9.17) is 0 Å². The summed E-state index contributed by atoms with van der Waals surface area (Å²) in [5.41, 5.74) is 4.37. The predicted molar refractivity (Wildman–Crippen MR) is 90.0 cm³/mol. The summed E-state index contributed by atoms with van der Waals surface area (Å²) in [4.78, 5) is 4.29. The van der Waals surface area contributed by atoms with Crippen molar-refractivity contribution in [1.82, 2.24) is 14.1 Å². The van der Waals surface area contributed by atoms with Crippen molar-refractivity contribution in [2.45, 2.75) is 26.3 Å². The molecule has 2 aromatic heterocycles. The second-order valence-corrected chi connectivity index (χ2v) is 6.25. The monoisotopic (exact) mass is 308 g/mol. The highest BCUT2D eigenvalue weighted by atomic mass is 16.4. The molecule has 0 fully saturated rings. The molecule has 5 nitrogen and oxygen atoms in total. The third-order valence-electron chi connectivity index (χ3n) is 5.05. The zero-order chi connectivity index (χ0) is 16.0. The molecular weight excluding hydrogens is 288 g/mol. The summed E-state index contributed by atoms with van der Waals surface area (Å²) in [6, 6.07) is 8.33. The quantitative estimate of drug-likeness (QED) is 0.584. The van der Waals surface area contributed by atoms with Crippen molar-refractivity contribution in [3.05, 3.63) is 53.7 Å². The van der Waals surface area contributed by atoms with Gasteiger partial charge in [-0.05, 0) is 25.8 Å². The lowest BCUT2D eigenvalue weighted by Gasteiger charge is -2.25. The molecule has 3 aromatic rings. The number of benzene rings is 1. The summed E-state index contributed by atoms with van der Waals surface area (Å²) in [7, 11) is 2.09. The number of oxime groups is 1. The second-order valence-electron chi connectivity index (χ2n) is 6.25. The van der Waals surface area contributed by atoms with Crippen LogP contribution in [0.4, 0.5) is 0 Å². The van der Waals surface area contributed by atoms with Gasteiger partial charge in [0, 0.05) is 54.1 Å². The van der Waals surface area contributed by atoms with Gasteiger partial charge in [-0.1, -0.05) is 23.4 Å². The van der Waals surface area contributed by atoms with Crippen LogP contribution in [0.2, 0.25) is 0 Å². The van der Waals surface area contributed by atoms with Crippen LogP contribution in [0.1, 0.15) is 23.5 Å². The molecule has 1 atom stereocenters. The van der Waals surface area contributed by atoms with Crippen LogP contribution in [0.15, 0.2) is 41.8 Å². The van der Waals surface area contributed by atoms with E-state index in [0.717, 1.165) is 36.5 Å². The van der Waals surface area contributed by atoms with Gasteiger partial charge in [-0.2, -0.15) is 0 Å². The van der Waals surface area contributed by atoms with Crippen molar-refractivity contribution in [1.29, 1.82) is 0 Å². The van der Waals surface area contributed by atoms with E-state index >= 15 is 0 Å². The predicted octanol–water partition coefficient (Wildman–Crippen LogP) is 3.12. The molecule has 0 radical (unpaired) electrons. The summed E-state index contributed by atoms with van der Waals surface area (Å²) in [6.07, 6.45) is 5.78. The molecule has 23 heavy (non-hydrogen) atoms. The zero-order valence-electron chi connectivity index (χ0n) is 13.4. The highest BCUT2D eigenvalue weighted by molar-refractivity contribution is 6.13. The molecule has 1 unspecified atom stereocenters. The Labute approximate surface area is 134 Å². The lowest BCUT2D eigenvalue weighted by Crippen LogP contribution is -2.28. The molecule has 0 saturated carbocycles. The fourth-order valence-corrected chi connectivity index (χ4v) is 3.82. The Bertz CT molecular complexity index is 903. The Balaban J connectivity index is 1.82. The van der Waals surface area contributed by atoms with Crippen LogP contribution in [-0.4, -0.2) is 25.0 Å². The van der Waals surface area contributed by atoms with E-state index in [0.29, 0.717) is 0 Å². The van der Waals surface area contributed by atoms with Gasteiger partial charge in [0.25, 0.3) is 0 Å². The van der Waals surface area contributed by atoms with Gasteiger partial charge >= 0.3 is 0 Å². The van der Waals surface area contributed by atoms with E-state index in [-0.39, 0.29) is 5.92 Å². The van der Waals surface area contributed by atoms with Crippen LogP contribution in [0.3, 0.4) is 0 Å². The number of para-hydroxylation sites is 1. The molecule has 0 amide bonds. The van der Waals surface area contributed by atoms with Crippen molar-refractivity contribution in [3.63, 3.8) is 0 Å². The third kappa shape index (κ3) is 2.07. The number of imidazole rings is 1. The molecule has 1 N–H and O–H groups in total. The molecule has 5 heteroatoms. The molecule has 0 bridgehead atoms. The fraction of sp³-hybridized carbons (Fsp3) is 0.333. The topological polar surface area (TPSA) is 55.3 Å². The Hall–Kier alpha value is -2.56. The van der Waals surface area contributed by atoms with Crippen LogP contribution >= 0.6 is 0 Å². The minimum absolute atomic E-state index is 0.200. The minimum atomic E-state index is 0.200. The maximum Gasteiger partial charge on any atom is 0.105 e. The first-order chi connectivity index (χ1) is 11.2. The summed E-state index contributed by atoms with van der Waals surface area (Å²) in [5, 5.41) is 14.6. The molecule has 0 saturated heterocycles. The van der Waals surface area contributed by atoms with Crippen molar-refractivity contribution >= 4 is 16.6 Å². The van der Waals surface area contributed by atoms with Gasteiger partial charge in [-0.25, -0.2) is 4.98 Å². The second kappa shape index (κ2) is 5.26. The van der Waals surface area contributed by atoms with Gasteiger partial charge in [0.1, 0.15) is 5.82 Å². The highest BCUT2D eigenvalue weighted by Gasteiger charge is 2.31. The van der Waals surface area contributed by atoms with E-state index in [1.165, 1.54) is 16.6 Å². The van der Waals surface area contributed by atoms with Crippen LogP contribution < -0.4 is 0 Å². The lowest BCUT2D eigenvalue weighted by molar-refractivity contribution is 0.311. The Morgan fingerprint density at radius 2 is 2.17 bits per heavy atom. The number of aromatic nitrogens is 3. The molecule has 0 aliphatic heterocycles. The molecule has 0 spiro atoms. The summed E-state index contributed by atoms with van der Waals surface area (Å²) >= 11 is 0. The van der Waals surface area contributed by atoms with Crippen molar-refractivity contribution in [2.75, 3.05) is 0 Å². The Morgan fingerprint density at radius 3 is 2.91 bits per heavy atom. The molecular formula is C18H20N4O. The van der Waals surface area contributed by atoms with Crippen LogP contribution in [0.5, 0.6) is 0 Å². The first kappa shape index (κ1) is 14.1. The average molecular weight is 308 g/mol. The molecule has 1 aliphatic carbocycles. The highest BCUT2D eigenvalue weighted by Crippen LogP contribution is 2.34. The van der Waals surface area contributed by atoms with Crippen molar-refractivity contribution in [2.24, 2.45) is 18.1 Å². The SMILES string of the molecule is Cc1nccn1CC1CCc2c(c3ccccc3n2C)/C1=N/O.